The van der Waals surface area contributed by atoms with Crippen molar-refractivity contribution in [3.8, 4) is 23.0 Å². The molecule has 8 heteroatoms. The summed E-state index contributed by atoms with van der Waals surface area (Å²) in [6, 6.07) is 27.2. The molecule has 2 N–H and O–H groups in total. The normalized spacial score (nSPS) is 14.2. The Morgan fingerprint density at radius 3 is 2.08 bits per heavy atom. The lowest BCUT2D eigenvalue weighted by atomic mass is 9.89. The van der Waals surface area contributed by atoms with Gasteiger partial charge in [0.1, 0.15) is 19.3 Å². The van der Waals surface area contributed by atoms with E-state index in [1.807, 2.05) is 72.8 Å². The molecule has 0 saturated carbocycles. The molecule has 5 rings (SSSR count). The van der Waals surface area contributed by atoms with Gasteiger partial charge in [0.2, 0.25) is 5.75 Å². The number of nitrogens with two attached hydrogens (primary N) is 1. The predicted molar refractivity (Wildman–Crippen MR) is 151 cm³/mol. The summed E-state index contributed by atoms with van der Waals surface area (Å²) in [5, 5.41) is 14.5. The fourth-order valence-electron chi connectivity index (χ4n) is 5.19. The van der Waals surface area contributed by atoms with Crippen molar-refractivity contribution in [3.63, 3.8) is 0 Å². The topological polar surface area (TPSA) is 96.7 Å². The van der Waals surface area contributed by atoms with E-state index in [0.717, 1.165) is 35.2 Å². The molecule has 1 aliphatic rings. The quantitative estimate of drug-likeness (QED) is 0.208. The van der Waals surface area contributed by atoms with Crippen LogP contribution in [0, 0.1) is 10.1 Å². The van der Waals surface area contributed by atoms with Crippen LogP contribution in [-0.2, 0) is 26.1 Å². The first-order valence-corrected chi connectivity index (χ1v) is 13.3. The number of quaternary nitrogens is 1. The number of nitro groups is 1. The zero-order valence-electron chi connectivity index (χ0n) is 22.7. The summed E-state index contributed by atoms with van der Waals surface area (Å²) in [7, 11) is 3.06. The molecule has 1 heterocycles. The number of nitro benzene ring substituents is 1. The molecule has 8 nitrogen and oxygen atoms in total. The monoisotopic (exact) mass is 541 g/mol. The molecule has 1 aliphatic heterocycles. The van der Waals surface area contributed by atoms with E-state index in [1.54, 1.807) is 19.2 Å². The standard InChI is InChI=1S/C32H32N2O6/c1-37-29-19-26-24(18-30(29)40-21-23-11-7-4-8-12-23)15-16-33-27(26)17-25-13-14-28(32(38-2)31(25)34(35)36)39-20-22-9-5-3-6-10-22/h3-14,18-19,27,33H,15-17,20-21H2,1-2H3/p+1/t27-/m0/s1. The van der Waals surface area contributed by atoms with Crippen LogP contribution in [0.3, 0.4) is 0 Å². The van der Waals surface area contributed by atoms with Crippen molar-refractivity contribution in [1.82, 2.24) is 0 Å². The van der Waals surface area contributed by atoms with Crippen molar-refractivity contribution >= 4 is 5.69 Å². The van der Waals surface area contributed by atoms with Gasteiger partial charge in [-0.3, -0.25) is 10.1 Å². The molecular formula is C32H33N2O6+. The van der Waals surface area contributed by atoms with Gasteiger partial charge >= 0.3 is 5.69 Å². The second-order valence-electron chi connectivity index (χ2n) is 9.70. The Hall–Kier alpha value is -4.56. The highest BCUT2D eigenvalue weighted by Gasteiger charge is 2.32. The maximum atomic E-state index is 12.3. The number of nitrogens with zero attached hydrogens (tertiary/aromatic N) is 1. The van der Waals surface area contributed by atoms with E-state index in [4.69, 9.17) is 18.9 Å². The number of hydrogen-bond donors (Lipinski definition) is 1. The zero-order valence-corrected chi connectivity index (χ0v) is 22.7. The highest BCUT2D eigenvalue weighted by atomic mass is 16.6. The smallest absolute Gasteiger partial charge is 0.318 e. The molecule has 40 heavy (non-hydrogen) atoms. The Kier molecular flexibility index (Phi) is 8.47. The number of fused-ring (bicyclic) bond motifs is 1. The Morgan fingerprint density at radius 2 is 1.48 bits per heavy atom. The fraction of sp³-hybridized carbons (Fsp3) is 0.250. The van der Waals surface area contributed by atoms with Gasteiger partial charge in [-0.1, -0.05) is 60.7 Å². The van der Waals surface area contributed by atoms with Crippen LogP contribution < -0.4 is 24.3 Å². The third-order valence-electron chi connectivity index (χ3n) is 7.17. The van der Waals surface area contributed by atoms with Crippen molar-refractivity contribution in [1.29, 1.82) is 0 Å². The maximum absolute atomic E-state index is 12.3. The van der Waals surface area contributed by atoms with Gasteiger partial charge in [-0.05, 0) is 41.0 Å². The molecule has 1 atom stereocenters. The molecule has 0 fully saturated rings. The van der Waals surface area contributed by atoms with Gasteiger partial charge < -0.3 is 24.3 Å². The summed E-state index contributed by atoms with van der Waals surface area (Å²) in [6.07, 6.45) is 1.32. The molecular weight excluding hydrogens is 508 g/mol. The van der Waals surface area contributed by atoms with Crippen LogP contribution in [-0.4, -0.2) is 25.7 Å². The van der Waals surface area contributed by atoms with Crippen LogP contribution in [0.2, 0.25) is 0 Å². The second-order valence-corrected chi connectivity index (χ2v) is 9.70. The molecule has 4 aromatic carbocycles. The van der Waals surface area contributed by atoms with Crippen LogP contribution in [0.25, 0.3) is 0 Å². The average Bonchev–Trinajstić information content (AvgIpc) is 2.99. The molecule has 0 bridgehead atoms. The van der Waals surface area contributed by atoms with E-state index in [2.05, 4.69) is 5.32 Å². The molecule has 0 radical (unpaired) electrons. The van der Waals surface area contributed by atoms with Crippen LogP contribution in [0.5, 0.6) is 23.0 Å². The lowest BCUT2D eigenvalue weighted by Crippen LogP contribution is -2.87. The summed E-state index contributed by atoms with van der Waals surface area (Å²) < 4.78 is 23.3. The molecule has 0 spiro atoms. The van der Waals surface area contributed by atoms with Crippen molar-refractivity contribution < 1.29 is 29.2 Å². The van der Waals surface area contributed by atoms with Gasteiger partial charge in [-0.15, -0.1) is 0 Å². The third kappa shape index (κ3) is 6.02. The first-order valence-electron chi connectivity index (χ1n) is 13.3. The lowest BCUT2D eigenvalue weighted by Gasteiger charge is -2.26. The summed E-state index contributed by atoms with van der Waals surface area (Å²) in [4.78, 5) is 11.9. The molecule has 206 valence electrons. The molecule has 0 unspecified atom stereocenters. The van der Waals surface area contributed by atoms with Crippen LogP contribution in [0.15, 0.2) is 84.9 Å². The molecule has 4 aromatic rings. The van der Waals surface area contributed by atoms with Crippen molar-refractivity contribution in [2.24, 2.45) is 0 Å². The van der Waals surface area contributed by atoms with E-state index >= 15 is 0 Å². The molecule has 0 amide bonds. The van der Waals surface area contributed by atoms with Gasteiger partial charge in [-0.25, -0.2) is 0 Å². The number of benzene rings is 4. The Labute approximate surface area is 233 Å². The minimum atomic E-state index is -0.381. The highest BCUT2D eigenvalue weighted by molar-refractivity contribution is 5.61. The Morgan fingerprint density at radius 1 is 0.825 bits per heavy atom. The van der Waals surface area contributed by atoms with Crippen LogP contribution in [0.4, 0.5) is 5.69 Å². The van der Waals surface area contributed by atoms with Crippen molar-refractivity contribution in [3.05, 3.63) is 123 Å². The summed E-state index contributed by atoms with van der Waals surface area (Å²) >= 11 is 0. The molecule has 0 aliphatic carbocycles. The zero-order chi connectivity index (χ0) is 27.9. The van der Waals surface area contributed by atoms with Gasteiger partial charge in [0.25, 0.3) is 0 Å². The largest absolute Gasteiger partial charge is 0.493 e. The van der Waals surface area contributed by atoms with Gasteiger partial charge in [0, 0.05) is 24.0 Å². The third-order valence-corrected chi connectivity index (χ3v) is 7.17. The van der Waals surface area contributed by atoms with Crippen LogP contribution >= 0.6 is 0 Å². The van der Waals surface area contributed by atoms with Crippen molar-refractivity contribution in [2.45, 2.75) is 32.1 Å². The SMILES string of the molecule is COc1cc2c(cc1OCc1ccccc1)CC[NH2+][C@H]2Cc1ccc(OCc2ccccc2)c(OC)c1[N+](=O)[O-]. The van der Waals surface area contributed by atoms with E-state index in [-0.39, 0.29) is 29.0 Å². The molecule has 0 saturated heterocycles. The van der Waals surface area contributed by atoms with Gasteiger partial charge in [-0.2, -0.15) is 0 Å². The van der Waals surface area contributed by atoms with Gasteiger partial charge in [0.05, 0.1) is 25.7 Å². The number of methoxy groups -OCH3 is 2. The highest BCUT2D eigenvalue weighted by Crippen LogP contribution is 2.42. The number of ether oxygens (including phenoxy) is 4. The minimum absolute atomic E-state index is 0.0275. The average molecular weight is 542 g/mol. The second kappa shape index (κ2) is 12.5. The van der Waals surface area contributed by atoms with E-state index in [1.165, 1.54) is 7.11 Å². The van der Waals surface area contributed by atoms with Crippen LogP contribution in [0.1, 0.15) is 33.9 Å². The lowest BCUT2D eigenvalue weighted by molar-refractivity contribution is -0.698. The number of hydrogen-bond acceptors (Lipinski definition) is 6. The number of rotatable bonds is 11. The van der Waals surface area contributed by atoms with E-state index < -0.39 is 0 Å². The predicted octanol–water partition coefficient (Wildman–Crippen LogP) is 5.17. The van der Waals surface area contributed by atoms with Gasteiger partial charge in [0.15, 0.2) is 17.2 Å². The van der Waals surface area contributed by atoms with Crippen molar-refractivity contribution in [2.75, 3.05) is 20.8 Å². The van der Waals surface area contributed by atoms with E-state index in [9.17, 15) is 10.1 Å². The first kappa shape index (κ1) is 27.0. The Balaban J connectivity index is 1.40. The summed E-state index contributed by atoms with van der Waals surface area (Å²) in [5.74, 6) is 1.82. The minimum Gasteiger partial charge on any atom is -0.493 e. The molecule has 0 aromatic heterocycles. The summed E-state index contributed by atoms with van der Waals surface area (Å²) in [6.45, 7) is 1.59. The first-order chi connectivity index (χ1) is 19.6. The fourth-order valence-corrected chi connectivity index (χ4v) is 5.19. The Bertz CT molecular complexity index is 1460. The van der Waals surface area contributed by atoms with E-state index in [0.29, 0.717) is 35.8 Å². The maximum Gasteiger partial charge on any atom is 0.318 e. The summed E-state index contributed by atoms with van der Waals surface area (Å²) in [5.41, 5.74) is 4.81.